The van der Waals surface area contributed by atoms with Gasteiger partial charge in [-0.3, -0.25) is 0 Å². The summed E-state index contributed by atoms with van der Waals surface area (Å²) in [7, 11) is 0. The number of hydrogen-bond donors (Lipinski definition) is 2. The Kier molecular flexibility index (Phi) is 2.73. The van der Waals surface area contributed by atoms with Crippen LogP contribution in [0.1, 0.15) is 37.3 Å². The van der Waals surface area contributed by atoms with Gasteiger partial charge in [-0.1, -0.05) is 31.0 Å². The summed E-state index contributed by atoms with van der Waals surface area (Å²) in [6.45, 7) is 0. The first-order chi connectivity index (χ1) is 6.79. The van der Waals surface area contributed by atoms with E-state index in [2.05, 4.69) is 0 Å². The second-order valence-corrected chi connectivity index (χ2v) is 4.13. The van der Waals surface area contributed by atoms with Crippen LogP contribution in [0.15, 0.2) is 24.3 Å². The highest BCUT2D eigenvalue weighted by Crippen LogP contribution is 2.36. The van der Waals surface area contributed by atoms with Crippen LogP contribution >= 0.6 is 0 Å². The number of hydrogen-bond acceptors (Lipinski definition) is 2. The van der Waals surface area contributed by atoms with Gasteiger partial charge in [0, 0.05) is 11.6 Å². The van der Waals surface area contributed by atoms with Crippen molar-refractivity contribution in [2.75, 3.05) is 0 Å². The lowest BCUT2D eigenvalue weighted by molar-refractivity contribution is 0.412. The third kappa shape index (κ3) is 1.75. The molecule has 1 aliphatic carbocycles. The van der Waals surface area contributed by atoms with Crippen molar-refractivity contribution in [3.05, 3.63) is 29.8 Å². The van der Waals surface area contributed by atoms with Gasteiger partial charge < -0.3 is 10.8 Å². The molecule has 1 saturated carbocycles. The number of rotatable bonds is 2. The second kappa shape index (κ2) is 4.01. The van der Waals surface area contributed by atoms with Crippen molar-refractivity contribution in [3.8, 4) is 5.75 Å². The molecule has 1 aliphatic rings. The summed E-state index contributed by atoms with van der Waals surface area (Å²) >= 11 is 0. The molecule has 0 spiro atoms. The van der Waals surface area contributed by atoms with E-state index >= 15 is 0 Å². The lowest BCUT2D eigenvalue weighted by Crippen LogP contribution is -2.19. The lowest BCUT2D eigenvalue weighted by atomic mass is 9.92. The predicted molar refractivity (Wildman–Crippen MR) is 57.0 cm³/mol. The van der Waals surface area contributed by atoms with Crippen LogP contribution in [0.3, 0.4) is 0 Å². The van der Waals surface area contributed by atoms with E-state index in [1.54, 1.807) is 6.07 Å². The van der Waals surface area contributed by atoms with Crippen molar-refractivity contribution in [2.45, 2.75) is 31.7 Å². The van der Waals surface area contributed by atoms with Crippen molar-refractivity contribution >= 4 is 0 Å². The molecule has 0 heterocycles. The zero-order chi connectivity index (χ0) is 9.97. The number of phenolic OH excluding ortho intramolecular Hbond substituents is 1. The van der Waals surface area contributed by atoms with E-state index in [1.807, 2.05) is 18.2 Å². The van der Waals surface area contributed by atoms with Gasteiger partial charge in [-0.25, -0.2) is 0 Å². The van der Waals surface area contributed by atoms with E-state index in [0.29, 0.717) is 11.7 Å². The second-order valence-electron chi connectivity index (χ2n) is 4.13. The fraction of sp³-hybridized carbons (Fsp3) is 0.500. The van der Waals surface area contributed by atoms with Crippen LogP contribution in [0.5, 0.6) is 5.75 Å². The number of nitrogens with two attached hydrogens (primary N) is 1. The quantitative estimate of drug-likeness (QED) is 0.754. The van der Waals surface area contributed by atoms with E-state index in [-0.39, 0.29) is 6.04 Å². The summed E-state index contributed by atoms with van der Waals surface area (Å²) < 4.78 is 0. The van der Waals surface area contributed by atoms with Gasteiger partial charge in [-0.2, -0.15) is 0 Å². The van der Waals surface area contributed by atoms with Crippen LogP contribution < -0.4 is 5.73 Å². The SMILES string of the molecule is N[C@H](c1ccccc1O)C1CCCC1. The first kappa shape index (κ1) is 9.53. The zero-order valence-corrected chi connectivity index (χ0v) is 8.32. The lowest BCUT2D eigenvalue weighted by Gasteiger charge is -2.19. The fourth-order valence-electron chi connectivity index (χ4n) is 2.34. The van der Waals surface area contributed by atoms with Crippen molar-refractivity contribution in [3.63, 3.8) is 0 Å². The van der Waals surface area contributed by atoms with Crippen molar-refractivity contribution in [2.24, 2.45) is 11.7 Å². The molecule has 0 aliphatic heterocycles. The summed E-state index contributed by atoms with van der Waals surface area (Å²) in [5.41, 5.74) is 7.04. The highest BCUT2D eigenvalue weighted by molar-refractivity contribution is 5.34. The molecule has 1 aromatic carbocycles. The molecular formula is C12H17NO. The monoisotopic (exact) mass is 191 g/mol. The molecule has 76 valence electrons. The van der Waals surface area contributed by atoms with E-state index < -0.39 is 0 Å². The van der Waals surface area contributed by atoms with Crippen LogP contribution in [-0.2, 0) is 0 Å². The molecule has 0 unspecified atom stereocenters. The summed E-state index contributed by atoms with van der Waals surface area (Å²) in [5, 5.41) is 9.66. The first-order valence-corrected chi connectivity index (χ1v) is 5.32. The molecule has 14 heavy (non-hydrogen) atoms. The first-order valence-electron chi connectivity index (χ1n) is 5.32. The molecule has 1 aromatic rings. The summed E-state index contributed by atoms with van der Waals surface area (Å²) in [6.07, 6.45) is 4.98. The number of benzene rings is 1. The summed E-state index contributed by atoms with van der Waals surface area (Å²) in [4.78, 5) is 0. The Hall–Kier alpha value is -1.02. The van der Waals surface area contributed by atoms with Gasteiger partial charge in [0.2, 0.25) is 0 Å². The van der Waals surface area contributed by atoms with Crippen molar-refractivity contribution < 1.29 is 5.11 Å². The largest absolute Gasteiger partial charge is 0.508 e. The number of para-hydroxylation sites is 1. The van der Waals surface area contributed by atoms with Crippen LogP contribution in [0.4, 0.5) is 0 Å². The van der Waals surface area contributed by atoms with E-state index in [4.69, 9.17) is 5.73 Å². The fourth-order valence-corrected chi connectivity index (χ4v) is 2.34. The minimum absolute atomic E-state index is 0.0127. The Morgan fingerprint density at radius 3 is 2.50 bits per heavy atom. The predicted octanol–water partition coefficient (Wildman–Crippen LogP) is 2.58. The molecule has 0 saturated heterocycles. The highest BCUT2D eigenvalue weighted by atomic mass is 16.3. The average Bonchev–Trinajstić information content (AvgIpc) is 2.70. The standard InChI is InChI=1S/C12H17NO/c13-12(9-5-1-2-6-9)10-7-3-4-8-11(10)14/h3-4,7-9,12,14H,1-2,5-6,13H2/t12-/m0/s1. The smallest absolute Gasteiger partial charge is 0.120 e. The maximum Gasteiger partial charge on any atom is 0.120 e. The Morgan fingerprint density at radius 2 is 1.86 bits per heavy atom. The summed E-state index contributed by atoms with van der Waals surface area (Å²) in [6, 6.07) is 7.42. The third-order valence-corrected chi connectivity index (χ3v) is 3.20. The van der Waals surface area contributed by atoms with Gasteiger partial charge in [-0.05, 0) is 24.8 Å². The maximum absolute atomic E-state index is 9.66. The summed E-state index contributed by atoms with van der Waals surface area (Å²) in [5.74, 6) is 0.898. The van der Waals surface area contributed by atoms with E-state index in [1.165, 1.54) is 25.7 Å². The Bertz CT molecular complexity index is 305. The van der Waals surface area contributed by atoms with Crippen LogP contribution in [0, 0.1) is 5.92 Å². The Morgan fingerprint density at radius 1 is 1.21 bits per heavy atom. The molecular weight excluding hydrogens is 174 g/mol. The van der Waals surface area contributed by atoms with Gasteiger partial charge in [-0.15, -0.1) is 0 Å². The zero-order valence-electron chi connectivity index (χ0n) is 8.32. The molecule has 1 atom stereocenters. The van der Waals surface area contributed by atoms with Crippen LogP contribution in [-0.4, -0.2) is 5.11 Å². The van der Waals surface area contributed by atoms with E-state index in [9.17, 15) is 5.11 Å². The molecule has 0 radical (unpaired) electrons. The highest BCUT2D eigenvalue weighted by Gasteiger charge is 2.24. The minimum atomic E-state index is 0.0127. The van der Waals surface area contributed by atoms with Crippen molar-refractivity contribution in [1.29, 1.82) is 0 Å². The molecule has 2 rings (SSSR count). The Labute approximate surface area is 84.7 Å². The molecule has 0 amide bonds. The van der Waals surface area contributed by atoms with Gasteiger partial charge in [0.15, 0.2) is 0 Å². The maximum atomic E-state index is 9.66. The number of aromatic hydroxyl groups is 1. The Balaban J connectivity index is 2.17. The minimum Gasteiger partial charge on any atom is -0.508 e. The topological polar surface area (TPSA) is 46.2 Å². The number of phenols is 1. The van der Waals surface area contributed by atoms with Crippen LogP contribution in [0.2, 0.25) is 0 Å². The molecule has 2 nitrogen and oxygen atoms in total. The molecule has 3 N–H and O–H groups in total. The van der Waals surface area contributed by atoms with Gasteiger partial charge >= 0.3 is 0 Å². The average molecular weight is 191 g/mol. The van der Waals surface area contributed by atoms with Crippen LogP contribution in [0.25, 0.3) is 0 Å². The molecule has 1 fully saturated rings. The normalized spacial score (nSPS) is 19.8. The van der Waals surface area contributed by atoms with Gasteiger partial charge in [0.25, 0.3) is 0 Å². The van der Waals surface area contributed by atoms with Gasteiger partial charge in [0.1, 0.15) is 5.75 Å². The van der Waals surface area contributed by atoms with Crippen molar-refractivity contribution in [1.82, 2.24) is 0 Å². The molecule has 0 bridgehead atoms. The van der Waals surface area contributed by atoms with Gasteiger partial charge in [0.05, 0.1) is 0 Å². The molecule has 2 heteroatoms. The molecule has 0 aromatic heterocycles. The van der Waals surface area contributed by atoms with E-state index in [0.717, 1.165) is 5.56 Å². The third-order valence-electron chi connectivity index (χ3n) is 3.20.